The Balaban J connectivity index is 1.09. The molecular formula is C72H48Ge2N2O4. The predicted molar refractivity (Wildman–Crippen MR) is 326 cm³/mol. The molecule has 2 atom stereocenters. The van der Waals surface area contributed by atoms with Crippen LogP contribution in [-0.2, 0) is 10.8 Å². The zero-order chi connectivity index (χ0) is 52.8. The van der Waals surface area contributed by atoms with Gasteiger partial charge in [0.15, 0.2) is 0 Å². The van der Waals surface area contributed by atoms with E-state index in [0.717, 1.165) is 80.1 Å². The number of nitrogens with zero attached hydrogens (tertiary/aromatic N) is 2. The summed E-state index contributed by atoms with van der Waals surface area (Å²) >= 11 is -9.08. The standard InChI is InChI=1S/C72H48Ge2N2O4/c1-71(2)49-33-19-17-31-45(49)47-39-51-59-67(57(47)71)77-53-35-21-37-55-61(53)73(59,41-23-9-5-10-24-41)63-65(75(51)43-27-13-7-14-28-43)70-64-66(69(63)79-55)76(44-29-15-8-16-30-44)52-40-48-46-32-18-20-34-50(46)72(3,4)58(48)68-60(52)74(64,42-25-11-6-12-26-42)62-54(78-68)36-22-38-56(62)80-70/h5-40H,1-4H3. The van der Waals surface area contributed by atoms with E-state index in [0.29, 0.717) is 0 Å². The van der Waals surface area contributed by atoms with Crippen molar-refractivity contribution < 1.29 is 18.9 Å². The maximum atomic E-state index is 8.14. The van der Waals surface area contributed by atoms with Crippen LogP contribution in [0, 0.1) is 0 Å². The molecule has 8 heteroatoms. The van der Waals surface area contributed by atoms with E-state index in [4.69, 9.17) is 18.9 Å². The fraction of sp³-hybridized carbons (Fsp3) is 0.0833. The Morgan fingerprint density at radius 1 is 0.312 bits per heavy atom. The molecule has 0 bridgehead atoms. The van der Waals surface area contributed by atoms with Gasteiger partial charge in [0.05, 0.1) is 0 Å². The molecule has 2 unspecified atom stereocenters. The second-order valence-corrected chi connectivity index (χ2v) is 38.7. The normalized spacial score (nSPS) is 19.4. The van der Waals surface area contributed by atoms with Crippen LogP contribution >= 0.6 is 0 Å². The summed E-state index contributed by atoms with van der Waals surface area (Å²) in [6, 6.07) is 81.3. The van der Waals surface area contributed by atoms with Crippen molar-refractivity contribution >= 4 is 95.8 Å². The van der Waals surface area contributed by atoms with Crippen LogP contribution in [0.15, 0.2) is 218 Å². The molecule has 0 saturated carbocycles. The Kier molecular flexibility index (Phi) is 8.15. The Hall–Kier alpha value is -8.69. The molecule has 80 heavy (non-hydrogen) atoms. The topological polar surface area (TPSA) is 43.4 Å². The van der Waals surface area contributed by atoms with Crippen LogP contribution in [-0.4, -0.2) is 26.5 Å². The number of hydrogen-bond acceptors (Lipinski definition) is 6. The van der Waals surface area contributed by atoms with E-state index in [1.807, 2.05) is 0 Å². The van der Waals surface area contributed by atoms with Gasteiger partial charge in [-0.2, -0.15) is 0 Å². The Morgan fingerprint density at radius 3 is 1.04 bits per heavy atom. The van der Waals surface area contributed by atoms with Gasteiger partial charge in [-0.3, -0.25) is 0 Å². The molecule has 11 aromatic rings. The SMILES string of the molecule is CC1(C)c2ccccc2-c2cc3[c]4c(c21)Oc1cccc2[c]1[Ge]4([c]1ccccc1)[c]1c(c4[c]5c(c1N3c1ccccc1)Oc1cccc3[c]1[Ge]5([c]1ccccc1)[c]1c(cc5c(c1O3)C(C)(C)c1ccccc1-5)N4c1ccccc1)O2. The van der Waals surface area contributed by atoms with Crippen molar-refractivity contribution in [1.29, 1.82) is 0 Å². The molecule has 378 valence electrons. The minimum atomic E-state index is -4.54. The molecule has 0 aromatic heterocycles. The van der Waals surface area contributed by atoms with Crippen molar-refractivity contribution in [3.8, 4) is 68.2 Å². The second-order valence-electron chi connectivity index (χ2n) is 23.7. The number of ether oxygens (including phenoxy) is 4. The third-order valence-corrected chi connectivity index (χ3v) is 39.9. The fourth-order valence-electron chi connectivity index (χ4n) is 16.5. The van der Waals surface area contributed by atoms with Crippen molar-refractivity contribution in [1.82, 2.24) is 0 Å². The molecule has 6 nitrogen and oxygen atoms in total. The third kappa shape index (κ3) is 4.88. The van der Waals surface area contributed by atoms with Gasteiger partial charge in [0.2, 0.25) is 0 Å². The van der Waals surface area contributed by atoms with Crippen LogP contribution in [0.1, 0.15) is 49.9 Å². The average molecular weight is 1150 g/mol. The Labute approximate surface area is 468 Å². The number of anilines is 6. The predicted octanol–water partition coefficient (Wildman–Crippen LogP) is 13.0. The Morgan fingerprint density at radius 2 is 0.650 bits per heavy atom. The summed E-state index contributed by atoms with van der Waals surface area (Å²) < 4.78 is 41.8. The van der Waals surface area contributed by atoms with Crippen molar-refractivity contribution in [2.24, 2.45) is 0 Å². The van der Waals surface area contributed by atoms with Crippen molar-refractivity contribution in [2.75, 3.05) is 9.80 Å². The van der Waals surface area contributed by atoms with Crippen LogP contribution in [0.2, 0.25) is 0 Å². The molecule has 6 heterocycles. The van der Waals surface area contributed by atoms with Gasteiger partial charge in [-0.05, 0) is 0 Å². The van der Waals surface area contributed by atoms with Gasteiger partial charge in [-0.25, -0.2) is 0 Å². The molecule has 2 aliphatic carbocycles. The number of benzene rings is 11. The van der Waals surface area contributed by atoms with E-state index in [1.54, 1.807) is 0 Å². The van der Waals surface area contributed by atoms with Gasteiger partial charge < -0.3 is 0 Å². The first kappa shape index (κ1) is 44.2. The van der Waals surface area contributed by atoms with Gasteiger partial charge in [-0.15, -0.1) is 0 Å². The zero-order valence-corrected chi connectivity index (χ0v) is 48.5. The van der Waals surface area contributed by atoms with E-state index >= 15 is 0 Å². The second kappa shape index (κ2) is 14.8. The number of rotatable bonds is 4. The zero-order valence-electron chi connectivity index (χ0n) is 44.3. The third-order valence-electron chi connectivity index (χ3n) is 19.4. The quantitative estimate of drug-likeness (QED) is 0.164. The minimum absolute atomic E-state index is 0.374. The molecule has 0 fully saturated rings. The molecule has 0 spiro atoms. The van der Waals surface area contributed by atoms with Crippen molar-refractivity contribution in [2.45, 2.75) is 38.5 Å². The van der Waals surface area contributed by atoms with Crippen molar-refractivity contribution in [3.63, 3.8) is 0 Å². The molecule has 0 radical (unpaired) electrons. The molecule has 0 saturated heterocycles. The summed E-state index contributed by atoms with van der Waals surface area (Å²) in [5, 5.41) is 0. The first-order chi connectivity index (χ1) is 39.2. The van der Waals surface area contributed by atoms with E-state index < -0.39 is 26.5 Å². The molecule has 6 aliphatic heterocycles. The summed E-state index contributed by atoms with van der Waals surface area (Å²) in [4.78, 5) is 5.14. The van der Waals surface area contributed by atoms with E-state index in [1.165, 1.54) is 79.7 Å². The van der Waals surface area contributed by atoms with Crippen LogP contribution in [0.3, 0.4) is 0 Å². The van der Waals surface area contributed by atoms with Crippen LogP contribution in [0.4, 0.5) is 34.1 Å². The van der Waals surface area contributed by atoms with E-state index in [9.17, 15) is 0 Å². The van der Waals surface area contributed by atoms with Gasteiger partial charge in [0, 0.05) is 0 Å². The van der Waals surface area contributed by atoms with Crippen LogP contribution < -0.4 is 63.9 Å². The summed E-state index contributed by atoms with van der Waals surface area (Å²) in [5.74, 6) is 7.17. The number of fused-ring (bicyclic) bond motifs is 10. The summed E-state index contributed by atoms with van der Waals surface area (Å²) in [6.45, 7) is 9.56. The number of para-hydroxylation sites is 2. The summed E-state index contributed by atoms with van der Waals surface area (Å²) in [5.41, 5.74) is 15.7. The van der Waals surface area contributed by atoms with Gasteiger partial charge >= 0.3 is 472 Å². The number of hydrogen-bond donors (Lipinski definition) is 0. The summed E-state index contributed by atoms with van der Waals surface area (Å²) in [7, 11) is 0. The van der Waals surface area contributed by atoms with Crippen LogP contribution in [0.25, 0.3) is 22.3 Å². The molecule has 0 N–H and O–H groups in total. The van der Waals surface area contributed by atoms with Gasteiger partial charge in [0.25, 0.3) is 0 Å². The van der Waals surface area contributed by atoms with E-state index in [-0.39, 0.29) is 10.8 Å². The van der Waals surface area contributed by atoms with Crippen LogP contribution in [0.5, 0.6) is 46.0 Å². The molecule has 8 aliphatic rings. The Bertz CT molecular complexity index is 4380. The van der Waals surface area contributed by atoms with Gasteiger partial charge in [-0.1, -0.05) is 0 Å². The molecular weight excluding hydrogens is 1100 g/mol. The maximum absolute atomic E-state index is 8.14. The van der Waals surface area contributed by atoms with Crippen molar-refractivity contribution in [3.05, 3.63) is 241 Å². The van der Waals surface area contributed by atoms with Gasteiger partial charge in [0.1, 0.15) is 0 Å². The fourth-order valence-corrected chi connectivity index (χ4v) is 39.5. The monoisotopic (exact) mass is 1150 g/mol. The molecule has 11 aromatic carbocycles. The molecule has 19 rings (SSSR count). The summed E-state index contributed by atoms with van der Waals surface area (Å²) in [6.07, 6.45) is 0. The first-order valence-electron chi connectivity index (χ1n) is 27.9. The molecule has 0 amide bonds. The first-order valence-corrected chi connectivity index (χ1v) is 36.3. The van der Waals surface area contributed by atoms with E-state index in [2.05, 4.69) is 256 Å². The average Bonchev–Trinajstić information content (AvgIpc) is 1.25.